The second kappa shape index (κ2) is 5.70. The summed E-state index contributed by atoms with van der Waals surface area (Å²) >= 11 is 3.28. The quantitative estimate of drug-likeness (QED) is 0.428. The van der Waals surface area contributed by atoms with Gasteiger partial charge in [-0.15, -0.1) is 0 Å². The zero-order valence-electron chi connectivity index (χ0n) is 10.1. The largest absolute Gasteiger partial charge is 0.504 e. The van der Waals surface area contributed by atoms with E-state index in [9.17, 15) is 20.1 Å². The Morgan fingerprint density at radius 1 is 0.900 bits per heavy atom. The zero-order valence-corrected chi connectivity index (χ0v) is 11.7. The van der Waals surface area contributed by atoms with Crippen molar-refractivity contribution in [2.45, 2.75) is 0 Å². The molecule has 0 bridgehead atoms. The minimum Gasteiger partial charge on any atom is -0.504 e. The van der Waals surface area contributed by atoms with Crippen molar-refractivity contribution in [3.63, 3.8) is 0 Å². The predicted molar refractivity (Wildman–Crippen MR) is 78.2 cm³/mol. The van der Waals surface area contributed by atoms with Crippen molar-refractivity contribution < 1.29 is 20.1 Å². The van der Waals surface area contributed by atoms with E-state index in [0.29, 0.717) is 5.69 Å². The molecule has 0 radical (unpaired) electrons. The van der Waals surface area contributed by atoms with Gasteiger partial charge in [-0.05, 0) is 24.3 Å². The molecule has 0 aliphatic heterocycles. The third kappa shape index (κ3) is 3.33. The fourth-order valence-corrected chi connectivity index (χ4v) is 1.77. The van der Waals surface area contributed by atoms with Gasteiger partial charge in [-0.3, -0.25) is 0 Å². The van der Waals surface area contributed by atoms with Crippen LogP contribution in [0.1, 0.15) is 0 Å². The Morgan fingerprint density at radius 2 is 1.40 bits per heavy atom. The van der Waals surface area contributed by atoms with Crippen LogP contribution in [-0.4, -0.2) is 21.4 Å². The van der Waals surface area contributed by atoms with Gasteiger partial charge in [-0.25, -0.2) is 4.79 Å². The first-order valence-electron chi connectivity index (χ1n) is 5.54. The number of benzene rings is 2. The molecule has 2 amide bonds. The molecule has 2 rings (SSSR count). The number of carbonyl (C=O) groups excluding carboxylic acids is 1. The van der Waals surface area contributed by atoms with Gasteiger partial charge in [0.15, 0.2) is 17.2 Å². The fourth-order valence-electron chi connectivity index (χ4n) is 1.50. The summed E-state index contributed by atoms with van der Waals surface area (Å²) < 4.78 is 0.886. The predicted octanol–water partition coefficient (Wildman–Crippen LogP) is 3.21. The number of phenolic OH excluding ortho intramolecular Hbond substituents is 3. The molecule has 0 aliphatic rings. The lowest BCUT2D eigenvalue weighted by atomic mass is 10.2. The lowest BCUT2D eigenvalue weighted by Gasteiger charge is -2.09. The Hall–Kier alpha value is -2.41. The highest BCUT2D eigenvalue weighted by Crippen LogP contribution is 2.37. The van der Waals surface area contributed by atoms with Gasteiger partial charge >= 0.3 is 6.03 Å². The van der Waals surface area contributed by atoms with Crippen LogP contribution in [0.5, 0.6) is 17.2 Å². The normalized spacial score (nSPS) is 10.1. The minimum absolute atomic E-state index is 0.146. The summed E-state index contributed by atoms with van der Waals surface area (Å²) in [7, 11) is 0. The van der Waals surface area contributed by atoms with Crippen molar-refractivity contribution in [2.75, 3.05) is 10.6 Å². The lowest BCUT2D eigenvalue weighted by molar-refractivity contribution is 0.262. The van der Waals surface area contributed by atoms with Crippen LogP contribution in [0.25, 0.3) is 0 Å². The average molecular weight is 339 g/mol. The number of hydrogen-bond donors (Lipinski definition) is 5. The zero-order chi connectivity index (χ0) is 14.7. The summed E-state index contributed by atoms with van der Waals surface area (Å²) in [6.45, 7) is 0. The van der Waals surface area contributed by atoms with Crippen molar-refractivity contribution in [2.24, 2.45) is 0 Å². The minimum atomic E-state index is -0.635. The third-order valence-corrected chi connectivity index (χ3v) is 2.96. The van der Waals surface area contributed by atoms with Gasteiger partial charge in [-0.1, -0.05) is 15.9 Å². The van der Waals surface area contributed by atoms with E-state index in [0.717, 1.165) is 16.6 Å². The number of urea groups is 1. The topological polar surface area (TPSA) is 102 Å². The molecule has 0 atom stereocenters. The number of amides is 2. The fraction of sp³-hybridized carbons (Fsp3) is 0. The lowest BCUT2D eigenvalue weighted by Crippen LogP contribution is -2.19. The molecule has 5 N–H and O–H groups in total. The van der Waals surface area contributed by atoms with Crippen molar-refractivity contribution in [1.29, 1.82) is 0 Å². The Balaban J connectivity index is 2.06. The Bertz CT molecular complexity index is 620. The van der Waals surface area contributed by atoms with Crippen LogP contribution in [-0.2, 0) is 0 Å². The molecule has 0 saturated heterocycles. The maximum Gasteiger partial charge on any atom is 0.323 e. The summed E-state index contributed by atoms with van der Waals surface area (Å²) in [5.74, 6) is -1.68. The first kappa shape index (κ1) is 14.0. The van der Waals surface area contributed by atoms with Crippen molar-refractivity contribution >= 4 is 33.3 Å². The van der Waals surface area contributed by atoms with E-state index in [4.69, 9.17) is 0 Å². The van der Waals surface area contributed by atoms with Gasteiger partial charge in [0.1, 0.15) is 0 Å². The maximum absolute atomic E-state index is 11.7. The third-order valence-electron chi connectivity index (χ3n) is 2.43. The van der Waals surface area contributed by atoms with E-state index in [2.05, 4.69) is 26.6 Å². The van der Waals surface area contributed by atoms with Crippen LogP contribution in [0.4, 0.5) is 16.2 Å². The van der Waals surface area contributed by atoms with E-state index in [1.165, 1.54) is 0 Å². The van der Waals surface area contributed by atoms with Gasteiger partial charge in [0.2, 0.25) is 0 Å². The summed E-state index contributed by atoms with van der Waals surface area (Å²) in [4.78, 5) is 11.7. The molecule has 0 saturated carbocycles. The molecule has 7 heteroatoms. The van der Waals surface area contributed by atoms with E-state index < -0.39 is 23.3 Å². The number of carbonyl (C=O) groups is 1. The summed E-state index contributed by atoms with van der Waals surface area (Å²) in [5, 5.41) is 32.8. The summed E-state index contributed by atoms with van der Waals surface area (Å²) in [6, 6.07) is 8.65. The van der Waals surface area contributed by atoms with Crippen LogP contribution in [0.3, 0.4) is 0 Å². The van der Waals surface area contributed by atoms with Gasteiger partial charge < -0.3 is 26.0 Å². The smallest absolute Gasteiger partial charge is 0.323 e. The molecule has 0 aliphatic carbocycles. The molecule has 2 aromatic carbocycles. The molecule has 6 nitrogen and oxygen atoms in total. The van der Waals surface area contributed by atoms with Crippen LogP contribution in [0, 0.1) is 0 Å². The number of anilines is 2. The van der Waals surface area contributed by atoms with Crippen molar-refractivity contribution in [3.8, 4) is 17.2 Å². The monoisotopic (exact) mass is 338 g/mol. The van der Waals surface area contributed by atoms with Crippen LogP contribution in [0.2, 0.25) is 0 Å². The Labute approximate surface area is 122 Å². The van der Waals surface area contributed by atoms with E-state index in [1.54, 1.807) is 24.3 Å². The van der Waals surface area contributed by atoms with Gasteiger partial charge in [0, 0.05) is 22.3 Å². The highest BCUT2D eigenvalue weighted by Gasteiger charge is 2.10. The number of aromatic hydroxyl groups is 3. The molecule has 0 unspecified atom stereocenters. The number of halogens is 1. The van der Waals surface area contributed by atoms with E-state index in [1.807, 2.05) is 0 Å². The number of hydrogen-bond acceptors (Lipinski definition) is 4. The molecule has 2 aromatic rings. The average Bonchev–Trinajstić information content (AvgIpc) is 2.38. The summed E-state index contributed by atoms with van der Waals surface area (Å²) in [6.07, 6.45) is 0. The molecule has 0 heterocycles. The SMILES string of the molecule is O=C(Nc1ccc(Br)cc1)Nc1cc(O)c(O)c(O)c1. The van der Waals surface area contributed by atoms with Crippen LogP contribution in [0.15, 0.2) is 40.9 Å². The summed E-state index contributed by atoms with van der Waals surface area (Å²) in [5.41, 5.74) is 0.727. The van der Waals surface area contributed by atoms with E-state index in [-0.39, 0.29) is 5.69 Å². The standard InChI is InChI=1S/C13H11BrN2O4/c14-7-1-3-8(4-2-7)15-13(20)16-9-5-10(17)12(19)11(18)6-9/h1-6,17-19H,(H2,15,16,20). The molecule has 0 fully saturated rings. The second-order valence-electron chi connectivity index (χ2n) is 3.95. The first-order valence-corrected chi connectivity index (χ1v) is 6.33. The number of rotatable bonds is 2. The number of phenols is 3. The maximum atomic E-state index is 11.7. The van der Waals surface area contributed by atoms with Crippen molar-refractivity contribution in [1.82, 2.24) is 0 Å². The first-order chi connectivity index (χ1) is 9.45. The molecular weight excluding hydrogens is 328 g/mol. The molecule has 20 heavy (non-hydrogen) atoms. The van der Waals surface area contributed by atoms with E-state index >= 15 is 0 Å². The molecule has 0 aromatic heterocycles. The van der Waals surface area contributed by atoms with Gasteiger partial charge in [-0.2, -0.15) is 0 Å². The Morgan fingerprint density at radius 3 is 1.95 bits per heavy atom. The second-order valence-corrected chi connectivity index (χ2v) is 4.86. The molecule has 104 valence electrons. The molecule has 0 spiro atoms. The van der Waals surface area contributed by atoms with Gasteiger partial charge in [0.05, 0.1) is 5.69 Å². The van der Waals surface area contributed by atoms with Crippen LogP contribution < -0.4 is 10.6 Å². The Kier molecular flexibility index (Phi) is 3.99. The highest BCUT2D eigenvalue weighted by atomic mass is 79.9. The highest BCUT2D eigenvalue weighted by molar-refractivity contribution is 9.10. The number of nitrogens with one attached hydrogen (secondary N) is 2. The van der Waals surface area contributed by atoms with Crippen LogP contribution >= 0.6 is 15.9 Å². The van der Waals surface area contributed by atoms with Crippen molar-refractivity contribution in [3.05, 3.63) is 40.9 Å². The molecular formula is C13H11BrN2O4. The van der Waals surface area contributed by atoms with Gasteiger partial charge in [0.25, 0.3) is 0 Å².